The van der Waals surface area contributed by atoms with Gasteiger partial charge in [-0.05, 0) is 25.1 Å². The monoisotopic (exact) mass is 267 g/mol. The van der Waals surface area contributed by atoms with Gasteiger partial charge in [-0.15, -0.1) is 0 Å². The summed E-state index contributed by atoms with van der Waals surface area (Å²) < 4.78 is 24.5. The van der Waals surface area contributed by atoms with Crippen LogP contribution >= 0.6 is 11.6 Å². The zero-order valence-corrected chi connectivity index (χ0v) is 10.4. The van der Waals surface area contributed by atoms with Crippen LogP contribution in [0.2, 0.25) is 5.02 Å². The molecule has 0 aliphatic carbocycles. The zero-order chi connectivity index (χ0) is 12.7. The van der Waals surface area contributed by atoms with Crippen LogP contribution < -0.4 is 10.1 Å². The first kappa shape index (κ1) is 11.4. The van der Waals surface area contributed by atoms with Crippen molar-refractivity contribution < 1.29 is 13.5 Å². The number of nitrogens with one attached hydrogen (secondary N) is 1. The first-order valence-corrected chi connectivity index (χ1v) is 5.97. The number of fused-ring (bicyclic) bond motifs is 1. The van der Waals surface area contributed by atoms with E-state index in [1.165, 1.54) is 12.1 Å². The molecule has 1 atom stereocenters. The lowest BCUT2D eigenvalue weighted by Gasteiger charge is -2.26. The molecule has 2 aromatic rings. The Hall–Kier alpha value is -1.68. The van der Waals surface area contributed by atoms with Gasteiger partial charge in [0.2, 0.25) is 0 Å². The third kappa shape index (κ3) is 1.93. The van der Waals surface area contributed by atoms with Gasteiger partial charge in [0.15, 0.2) is 11.9 Å². The van der Waals surface area contributed by atoms with Gasteiger partial charge >= 0.3 is 0 Å². The molecule has 0 spiro atoms. The molecule has 1 aromatic carbocycles. The molecule has 0 radical (unpaired) electrons. The fourth-order valence-electron chi connectivity index (χ4n) is 1.98. The third-order valence-corrected chi connectivity index (χ3v) is 3.11. The Morgan fingerprint density at radius 1 is 1.39 bits per heavy atom. The van der Waals surface area contributed by atoms with Gasteiger partial charge in [-0.3, -0.25) is 0 Å². The van der Waals surface area contributed by atoms with Gasteiger partial charge in [0.25, 0.3) is 0 Å². The van der Waals surface area contributed by atoms with Crippen molar-refractivity contribution in [3.63, 3.8) is 0 Å². The van der Waals surface area contributed by atoms with E-state index < -0.39 is 0 Å². The van der Waals surface area contributed by atoms with Crippen LogP contribution in [0.3, 0.4) is 0 Å². The van der Waals surface area contributed by atoms with Gasteiger partial charge < -0.3 is 14.5 Å². The number of halogens is 2. The van der Waals surface area contributed by atoms with Crippen molar-refractivity contribution in [1.82, 2.24) is 0 Å². The molecule has 1 N–H and O–H groups in total. The van der Waals surface area contributed by atoms with Crippen molar-refractivity contribution in [2.24, 2.45) is 0 Å². The van der Waals surface area contributed by atoms with Crippen molar-refractivity contribution >= 4 is 17.3 Å². The van der Waals surface area contributed by atoms with Crippen molar-refractivity contribution in [2.75, 3.05) is 11.9 Å². The van der Waals surface area contributed by atoms with Crippen LogP contribution in [0.15, 0.2) is 28.7 Å². The highest BCUT2D eigenvalue weighted by Crippen LogP contribution is 2.40. The molecular weight excluding hydrogens is 257 g/mol. The smallest absolute Gasteiger partial charge is 0.173 e. The Morgan fingerprint density at radius 2 is 2.22 bits per heavy atom. The van der Waals surface area contributed by atoms with Crippen LogP contribution in [0, 0.1) is 12.7 Å². The third-order valence-electron chi connectivity index (χ3n) is 2.82. The van der Waals surface area contributed by atoms with E-state index in [2.05, 4.69) is 5.32 Å². The van der Waals surface area contributed by atoms with E-state index in [0.717, 1.165) is 11.5 Å². The first-order valence-electron chi connectivity index (χ1n) is 5.59. The number of furan rings is 1. The Labute approximate surface area is 109 Å². The number of ether oxygens (including phenoxy) is 1. The summed E-state index contributed by atoms with van der Waals surface area (Å²) in [6.45, 7) is 2.38. The maximum Gasteiger partial charge on any atom is 0.173 e. The van der Waals surface area contributed by atoms with Crippen LogP contribution in [0.4, 0.5) is 10.1 Å². The molecule has 3 rings (SSSR count). The minimum atomic E-state index is -0.387. The van der Waals surface area contributed by atoms with Crippen LogP contribution in [-0.4, -0.2) is 6.54 Å². The molecule has 0 saturated heterocycles. The molecule has 1 aliphatic rings. The van der Waals surface area contributed by atoms with E-state index in [4.69, 9.17) is 20.8 Å². The van der Waals surface area contributed by atoms with Crippen molar-refractivity contribution in [1.29, 1.82) is 0 Å². The van der Waals surface area contributed by atoms with E-state index in [-0.39, 0.29) is 16.9 Å². The summed E-state index contributed by atoms with van der Waals surface area (Å²) in [5.74, 6) is 1.63. The molecule has 2 heterocycles. The molecule has 0 saturated carbocycles. The second-order valence-electron chi connectivity index (χ2n) is 4.20. The van der Waals surface area contributed by atoms with Crippen molar-refractivity contribution in [3.05, 3.63) is 46.6 Å². The van der Waals surface area contributed by atoms with Crippen LogP contribution in [0.25, 0.3) is 0 Å². The second-order valence-corrected chi connectivity index (χ2v) is 4.61. The maximum atomic E-state index is 13.2. The summed E-state index contributed by atoms with van der Waals surface area (Å²) in [5, 5.41) is 3.35. The maximum absolute atomic E-state index is 13.2. The average Bonchev–Trinajstić information content (AvgIpc) is 2.75. The number of hydrogen-bond acceptors (Lipinski definition) is 3. The van der Waals surface area contributed by atoms with Gasteiger partial charge in [-0.1, -0.05) is 11.6 Å². The fraction of sp³-hybridized carbons (Fsp3) is 0.231. The molecule has 94 valence electrons. The van der Waals surface area contributed by atoms with Gasteiger partial charge in [0.05, 0.1) is 17.3 Å². The van der Waals surface area contributed by atoms with E-state index in [1.54, 1.807) is 0 Å². The van der Waals surface area contributed by atoms with Crippen LogP contribution in [0.5, 0.6) is 5.75 Å². The molecule has 1 aromatic heterocycles. The Kier molecular flexibility index (Phi) is 2.67. The highest BCUT2D eigenvalue weighted by atomic mass is 35.5. The van der Waals surface area contributed by atoms with Gasteiger partial charge in [0.1, 0.15) is 17.3 Å². The summed E-state index contributed by atoms with van der Waals surface area (Å²) in [7, 11) is 0. The molecule has 0 bridgehead atoms. The average molecular weight is 268 g/mol. The summed E-state index contributed by atoms with van der Waals surface area (Å²) in [6.07, 6.45) is -0.255. The lowest BCUT2D eigenvalue weighted by atomic mass is 10.2. The molecule has 18 heavy (non-hydrogen) atoms. The number of hydrogen-bond donors (Lipinski definition) is 1. The predicted molar refractivity (Wildman–Crippen MR) is 66.7 cm³/mol. The minimum absolute atomic E-state index is 0.255. The Balaban J connectivity index is 1.93. The first-order chi connectivity index (χ1) is 8.63. The molecule has 0 amide bonds. The SMILES string of the molecule is Cc1ccc(C2CNc3cc(F)cc(Cl)c3O2)o1. The molecule has 1 aliphatic heterocycles. The zero-order valence-electron chi connectivity index (χ0n) is 9.67. The molecule has 0 fully saturated rings. The van der Waals surface area contributed by atoms with Gasteiger partial charge in [-0.25, -0.2) is 4.39 Å². The molecule has 5 heteroatoms. The van der Waals surface area contributed by atoms with Crippen LogP contribution in [-0.2, 0) is 0 Å². The van der Waals surface area contributed by atoms with E-state index in [9.17, 15) is 4.39 Å². The Morgan fingerprint density at radius 3 is 2.94 bits per heavy atom. The van der Waals surface area contributed by atoms with E-state index in [1.807, 2.05) is 19.1 Å². The van der Waals surface area contributed by atoms with Crippen molar-refractivity contribution in [3.8, 4) is 5.75 Å². The van der Waals surface area contributed by atoms with Gasteiger partial charge in [-0.2, -0.15) is 0 Å². The lowest BCUT2D eigenvalue weighted by molar-refractivity contribution is 0.179. The van der Waals surface area contributed by atoms with Crippen LogP contribution in [0.1, 0.15) is 17.6 Å². The predicted octanol–water partition coefficient (Wildman–Crippen LogP) is 3.93. The summed E-state index contributed by atoms with van der Waals surface area (Å²) in [4.78, 5) is 0. The second kappa shape index (κ2) is 4.21. The van der Waals surface area contributed by atoms with E-state index >= 15 is 0 Å². The van der Waals surface area contributed by atoms with Gasteiger partial charge in [0, 0.05) is 6.07 Å². The number of aryl methyl sites for hydroxylation is 1. The normalized spacial score (nSPS) is 17.8. The quantitative estimate of drug-likeness (QED) is 0.850. The van der Waals surface area contributed by atoms with Crippen molar-refractivity contribution in [2.45, 2.75) is 13.0 Å². The summed E-state index contributed by atoms with van der Waals surface area (Å²) in [5.41, 5.74) is 0.569. The highest BCUT2D eigenvalue weighted by molar-refractivity contribution is 6.32. The topological polar surface area (TPSA) is 34.4 Å². The van der Waals surface area contributed by atoms with E-state index in [0.29, 0.717) is 18.0 Å². The largest absolute Gasteiger partial charge is 0.477 e. The number of benzene rings is 1. The Bertz CT molecular complexity index is 597. The number of anilines is 1. The summed E-state index contributed by atoms with van der Waals surface area (Å²) >= 11 is 5.97. The summed E-state index contributed by atoms with van der Waals surface area (Å²) in [6, 6.07) is 6.34. The molecule has 1 unspecified atom stereocenters. The molecule has 3 nitrogen and oxygen atoms in total. The minimum Gasteiger partial charge on any atom is -0.477 e. The standard InChI is InChI=1S/C13H11ClFNO2/c1-7-2-3-11(17-7)12-6-16-10-5-8(15)4-9(14)13(10)18-12/h2-5,12,16H,6H2,1H3. The lowest BCUT2D eigenvalue weighted by Crippen LogP contribution is -2.23. The fourth-order valence-corrected chi connectivity index (χ4v) is 2.23. The number of rotatable bonds is 1. The molecular formula is C13H11ClFNO2. The highest BCUT2D eigenvalue weighted by Gasteiger charge is 2.25.